The third-order valence-corrected chi connectivity index (χ3v) is 6.50. The van der Waals surface area contributed by atoms with Gasteiger partial charge in [0.25, 0.3) is 0 Å². The highest BCUT2D eigenvalue weighted by molar-refractivity contribution is 8.00. The van der Waals surface area contributed by atoms with E-state index in [9.17, 15) is 14.4 Å². The van der Waals surface area contributed by atoms with Crippen LogP contribution < -0.4 is 9.61 Å². The molecule has 2 aromatic rings. The molecule has 0 bridgehead atoms. The smallest absolute Gasteiger partial charge is 0.320 e. The molecule has 2 aliphatic heterocycles. The molecular formula is C16H13NO5S2. The zero-order valence-corrected chi connectivity index (χ0v) is 14.2. The molecule has 24 heavy (non-hydrogen) atoms. The summed E-state index contributed by atoms with van der Waals surface area (Å²) in [5.74, 6) is -1.53. The van der Waals surface area contributed by atoms with Crippen LogP contribution >= 0.6 is 23.1 Å². The Morgan fingerprint density at radius 2 is 2.12 bits per heavy atom. The number of rotatable bonds is 2. The quantitative estimate of drug-likeness (QED) is 0.650. The topological polar surface area (TPSA) is 85.5 Å². The maximum Gasteiger partial charge on any atom is 0.320 e. The second kappa shape index (κ2) is 5.78. The molecule has 3 atom stereocenters. The molecule has 8 heteroatoms. The molecule has 1 N–H and O–H groups in total. The molecule has 2 aliphatic rings. The lowest BCUT2D eigenvalue weighted by Crippen LogP contribution is -2.44. The van der Waals surface area contributed by atoms with Crippen LogP contribution in [-0.2, 0) is 14.3 Å². The minimum absolute atomic E-state index is 0.202. The highest BCUT2D eigenvalue weighted by Crippen LogP contribution is 2.53. The van der Waals surface area contributed by atoms with Crippen molar-refractivity contribution in [1.29, 1.82) is 0 Å². The molecule has 0 unspecified atom stereocenters. The Hall–Kier alpha value is -2.06. The number of thiazole rings is 1. The average Bonchev–Trinajstić information content (AvgIpc) is 2.94. The van der Waals surface area contributed by atoms with Crippen LogP contribution in [0.2, 0.25) is 0 Å². The number of fused-ring (bicyclic) bond motifs is 5. The van der Waals surface area contributed by atoms with E-state index in [1.807, 2.05) is 12.1 Å². The molecule has 6 nitrogen and oxygen atoms in total. The van der Waals surface area contributed by atoms with Gasteiger partial charge in [-0.05, 0) is 13.0 Å². The summed E-state index contributed by atoms with van der Waals surface area (Å²) >= 11 is 2.25. The lowest BCUT2D eigenvalue weighted by Gasteiger charge is -2.37. The maximum absolute atomic E-state index is 12.6. The van der Waals surface area contributed by atoms with E-state index in [0.717, 1.165) is 21.8 Å². The third kappa shape index (κ3) is 2.29. The van der Waals surface area contributed by atoms with Crippen LogP contribution in [0, 0.1) is 5.92 Å². The van der Waals surface area contributed by atoms with E-state index in [4.69, 9.17) is 9.47 Å². The first-order valence-electron chi connectivity index (χ1n) is 7.47. The Morgan fingerprint density at radius 3 is 2.92 bits per heavy atom. The lowest BCUT2D eigenvalue weighted by atomic mass is 9.80. The molecule has 0 radical (unpaired) electrons. The van der Waals surface area contributed by atoms with E-state index in [0.29, 0.717) is 10.8 Å². The van der Waals surface area contributed by atoms with Crippen LogP contribution in [0.25, 0.3) is 0 Å². The lowest BCUT2D eigenvalue weighted by molar-refractivity contribution is -0.150. The van der Waals surface area contributed by atoms with Crippen molar-refractivity contribution in [2.45, 2.75) is 23.1 Å². The first-order valence-corrected chi connectivity index (χ1v) is 9.16. The number of aromatic nitrogens is 1. The Labute approximate surface area is 145 Å². The van der Waals surface area contributed by atoms with Crippen molar-refractivity contribution in [3.05, 3.63) is 44.4 Å². The molecule has 1 aromatic heterocycles. The second-order valence-electron chi connectivity index (χ2n) is 5.46. The maximum atomic E-state index is 12.6. The van der Waals surface area contributed by atoms with Gasteiger partial charge in [0.15, 0.2) is 0 Å². The summed E-state index contributed by atoms with van der Waals surface area (Å²) in [6.45, 7) is 1.95. The Bertz CT molecular complexity index is 887. The van der Waals surface area contributed by atoms with Crippen molar-refractivity contribution >= 4 is 35.0 Å². The van der Waals surface area contributed by atoms with Crippen molar-refractivity contribution in [2.75, 3.05) is 6.61 Å². The minimum atomic E-state index is -0.742. The number of carbonyl (C=O) groups excluding carboxylic acids is 2. The van der Waals surface area contributed by atoms with Crippen LogP contribution in [0.15, 0.2) is 34.1 Å². The number of H-pyrrole nitrogens is 1. The fourth-order valence-electron chi connectivity index (χ4n) is 3.18. The average molecular weight is 363 g/mol. The van der Waals surface area contributed by atoms with Gasteiger partial charge >= 0.3 is 16.8 Å². The number of nitrogens with one attached hydrogen (secondary N) is 1. The van der Waals surface area contributed by atoms with Gasteiger partial charge in [0.05, 0.1) is 17.6 Å². The van der Waals surface area contributed by atoms with Crippen LogP contribution in [0.3, 0.4) is 0 Å². The van der Waals surface area contributed by atoms with Gasteiger partial charge in [-0.15, -0.1) is 0 Å². The van der Waals surface area contributed by atoms with Gasteiger partial charge in [-0.2, -0.15) is 0 Å². The van der Waals surface area contributed by atoms with Crippen molar-refractivity contribution in [1.82, 2.24) is 4.98 Å². The molecule has 4 rings (SSSR count). The second-order valence-corrected chi connectivity index (χ2v) is 7.63. The number of aromatic amines is 1. The van der Waals surface area contributed by atoms with Gasteiger partial charge in [-0.25, -0.2) is 0 Å². The normalized spacial score (nSPS) is 24.4. The zero-order chi connectivity index (χ0) is 16.8. The molecule has 0 saturated carbocycles. The van der Waals surface area contributed by atoms with Gasteiger partial charge in [0, 0.05) is 16.4 Å². The highest BCUT2D eigenvalue weighted by Gasteiger charge is 2.52. The summed E-state index contributed by atoms with van der Waals surface area (Å²) in [6, 6.07) is 7.23. The number of ether oxygens (including phenoxy) is 2. The number of hydrogen-bond donors (Lipinski definition) is 1. The Morgan fingerprint density at radius 1 is 1.33 bits per heavy atom. The fourth-order valence-corrected chi connectivity index (χ4v) is 5.64. The first-order chi connectivity index (χ1) is 11.6. The van der Waals surface area contributed by atoms with Crippen LogP contribution in [0.5, 0.6) is 5.75 Å². The third-order valence-electron chi connectivity index (χ3n) is 4.11. The van der Waals surface area contributed by atoms with Crippen molar-refractivity contribution in [3.8, 4) is 5.75 Å². The van der Waals surface area contributed by atoms with E-state index < -0.39 is 23.1 Å². The molecule has 0 aliphatic carbocycles. The summed E-state index contributed by atoms with van der Waals surface area (Å²) in [6.07, 6.45) is 0. The van der Waals surface area contributed by atoms with Crippen molar-refractivity contribution in [2.24, 2.45) is 5.92 Å². The highest BCUT2D eigenvalue weighted by atomic mass is 32.2. The monoisotopic (exact) mass is 363 g/mol. The molecule has 124 valence electrons. The van der Waals surface area contributed by atoms with Gasteiger partial charge < -0.3 is 14.5 Å². The Kier molecular flexibility index (Phi) is 3.73. The molecule has 0 fully saturated rings. The van der Waals surface area contributed by atoms with E-state index in [-0.39, 0.29) is 17.4 Å². The standard InChI is InChI=1S/C16H13NO5S2/c1-2-21-15(19)12-10-9(11-13(23-12)17-16(20)24-11)7-5-3-4-6-8(7)22-14(10)18/h3-6,9-10,12H,2H2,1H3,(H,17,20)/t9-,10-,12-/m1/s1. The van der Waals surface area contributed by atoms with E-state index in [1.54, 1.807) is 19.1 Å². The summed E-state index contributed by atoms with van der Waals surface area (Å²) in [5.41, 5.74) is 0.813. The van der Waals surface area contributed by atoms with Gasteiger partial charge in [-0.3, -0.25) is 14.4 Å². The molecule has 3 heterocycles. The first kappa shape index (κ1) is 15.5. The molecule has 1 aromatic carbocycles. The van der Waals surface area contributed by atoms with Crippen molar-refractivity contribution in [3.63, 3.8) is 0 Å². The molecule has 0 spiro atoms. The summed E-state index contributed by atoms with van der Waals surface area (Å²) in [7, 11) is 0. The number of benzene rings is 1. The predicted octanol–water partition coefficient (Wildman–Crippen LogP) is 2.14. The SMILES string of the molecule is CCOC(=O)[C@@H]1Sc2[nH]c(=O)sc2[C@@H]2c3ccccc3OC(=O)[C@H]21. The van der Waals surface area contributed by atoms with Crippen LogP contribution in [0.1, 0.15) is 23.3 Å². The Balaban J connectivity index is 1.90. The number of carbonyl (C=O) groups is 2. The number of thioether (sulfide) groups is 1. The molecule has 0 saturated heterocycles. The summed E-state index contributed by atoms with van der Waals surface area (Å²) in [4.78, 5) is 40.2. The minimum Gasteiger partial charge on any atom is -0.465 e. The van der Waals surface area contributed by atoms with Crippen molar-refractivity contribution < 1.29 is 19.1 Å². The molecule has 0 amide bonds. The largest absolute Gasteiger partial charge is 0.465 e. The van der Waals surface area contributed by atoms with Crippen LogP contribution in [0.4, 0.5) is 0 Å². The summed E-state index contributed by atoms with van der Waals surface area (Å²) < 4.78 is 10.6. The number of para-hydroxylation sites is 1. The number of hydrogen-bond acceptors (Lipinski definition) is 7. The van der Waals surface area contributed by atoms with Gasteiger partial charge in [0.1, 0.15) is 11.0 Å². The van der Waals surface area contributed by atoms with Gasteiger partial charge in [-0.1, -0.05) is 41.3 Å². The van der Waals surface area contributed by atoms with Gasteiger partial charge in [0.2, 0.25) is 0 Å². The van der Waals surface area contributed by atoms with E-state index in [2.05, 4.69) is 4.98 Å². The van der Waals surface area contributed by atoms with Crippen LogP contribution in [-0.4, -0.2) is 28.8 Å². The number of esters is 2. The predicted molar refractivity (Wildman–Crippen MR) is 88.6 cm³/mol. The molecular weight excluding hydrogens is 350 g/mol. The fraction of sp³-hybridized carbons (Fsp3) is 0.312. The zero-order valence-electron chi connectivity index (χ0n) is 12.6. The summed E-state index contributed by atoms with van der Waals surface area (Å²) in [5, 5.41) is -0.109. The van der Waals surface area contributed by atoms with E-state index >= 15 is 0 Å². The van der Waals surface area contributed by atoms with E-state index in [1.165, 1.54) is 11.8 Å².